The van der Waals surface area contributed by atoms with Crippen molar-refractivity contribution < 1.29 is 18.3 Å². The van der Waals surface area contributed by atoms with Gasteiger partial charge in [-0.05, 0) is 29.8 Å². The predicted octanol–water partition coefficient (Wildman–Crippen LogP) is 4.37. The third kappa shape index (κ3) is 2.36. The van der Waals surface area contributed by atoms with Gasteiger partial charge in [-0.15, -0.1) is 0 Å². The number of rotatable bonds is 1. The smallest absolute Gasteiger partial charge is 0.336 e. The summed E-state index contributed by atoms with van der Waals surface area (Å²) >= 11 is 0. The Labute approximate surface area is 142 Å². The first kappa shape index (κ1) is 14.2. The Balaban J connectivity index is 1.69. The average Bonchev–Trinajstić information content (AvgIpc) is 2.87. The van der Waals surface area contributed by atoms with E-state index >= 15 is 0 Å². The molecule has 0 bridgehead atoms. The maximum absolute atomic E-state index is 11.4. The van der Waals surface area contributed by atoms with E-state index in [1.807, 2.05) is 24.3 Å². The molecular formula is C20H14O5. The fourth-order valence-corrected chi connectivity index (χ4v) is 3.15. The van der Waals surface area contributed by atoms with Crippen LogP contribution in [0, 0.1) is 0 Å². The number of fused-ring (bicyclic) bond motifs is 3. The van der Waals surface area contributed by atoms with Gasteiger partial charge in [-0.2, -0.15) is 0 Å². The standard InChI is InChI=1S/C20H14O5/c21-20-5-3-13-8-14-15(11-24-18(14)10-17(13)25-20)12-2-4-16-19(9-12)23-7-1-6-22-16/h2-5,8-11H,1,6-7H2. The normalized spacial score (nSPS) is 13.9. The lowest BCUT2D eigenvalue weighted by Crippen LogP contribution is -1.97. The molecule has 0 spiro atoms. The molecule has 0 radical (unpaired) electrons. The lowest BCUT2D eigenvalue weighted by molar-refractivity contribution is 0.297. The van der Waals surface area contributed by atoms with E-state index in [0.717, 1.165) is 39.8 Å². The summed E-state index contributed by atoms with van der Waals surface area (Å²) in [6.45, 7) is 1.31. The van der Waals surface area contributed by atoms with E-state index in [0.29, 0.717) is 24.4 Å². The zero-order valence-electron chi connectivity index (χ0n) is 13.3. The fraction of sp³-hybridized carbons (Fsp3) is 0.150. The molecule has 0 atom stereocenters. The Morgan fingerprint density at radius 2 is 1.72 bits per heavy atom. The summed E-state index contributed by atoms with van der Waals surface area (Å²) in [5.74, 6) is 1.51. The van der Waals surface area contributed by atoms with E-state index in [1.54, 1.807) is 18.4 Å². The second-order valence-electron chi connectivity index (χ2n) is 6.00. The second-order valence-corrected chi connectivity index (χ2v) is 6.00. The van der Waals surface area contributed by atoms with Crippen LogP contribution >= 0.6 is 0 Å². The van der Waals surface area contributed by atoms with Gasteiger partial charge < -0.3 is 18.3 Å². The summed E-state index contributed by atoms with van der Waals surface area (Å²) < 4.78 is 22.4. The lowest BCUT2D eigenvalue weighted by Gasteiger charge is -2.08. The highest BCUT2D eigenvalue weighted by Crippen LogP contribution is 2.38. The van der Waals surface area contributed by atoms with Gasteiger partial charge in [-0.25, -0.2) is 4.79 Å². The summed E-state index contributed by atoms with van der Waals surface area (Å²) in [5.41, 5.74) is 2.75. The van der Waals surface area contributed by atoms with Gasteiger partial charge in [0.05, 0.1) is 19.5 Å². The van der Waals surface area contributed by atoms with Crippen LogP contribution in [0.2, 0.25) is 0 Å². The molecule has 0 N–H and O–H groups in total. The van der Waals surface area contributed by atoms with E-state index in [2.05, 4.69) is 0 Å². The second kappa shape index (κ2) is 5.41. The minimum absolute atomic E-state index is 0.374. The van der Waals surface area contributed by atoms with Gasteiger partial charge in [0, 0.05) is 34.9 Å². The van der Waals surface area contributed by atoms with Crippen LogP contribution in [0.5, 0.6) is 11.5 Å². The van der Waals surface area contributed by atoms with Gasteiger partial charge >= 0.3 is 5.63 Å². The lowest BCUT2D eigenvalue weighted by atomic mass is 10.0. The number of hydrogen-bond acceptors (Lipinski definition) is 5. The molecule has 0 aliphatic carbocycles. The molecule has 5 heteroatoms. The van der Waals surface area contributed by atoms with Crippen molar-refractivity contribution >= 4 is 21.9 Å². The fourth-order valence-electron chi connectivity index (χ4n) is 3.15. The SMILES string of the molecule is O=c1ccc2cc3c(-c4ccc5c(c4)OCCCO5)coc3cc2o1. The number of furan rings is 1. The molecule has 5 rings (SSSR count). The number of hydrogen-bond donors (Lipinski definition) is 0. The van der Waals surface area contributed by atoms with Crippen molar-refractivity contribution in [3.63, 3.8) is 0 Å². The molecule has 124 valence electrons. The molecule has 4 aromatic rings. The summed E-state index contributed by atoms with van der Waals surface area (Å²) in [5, 5.41) is 1.81. The summed E-state index contributed by atoms with van der Waals surface area (Å²) in [4.78, 5) is 11.4. The Bertz CT molecular complexity index is 1150. The van der Waals surface area contributed by atoms with Crippen molar-refractivity contribution in [1.82, 2.24) is 0 Å². The Kier molecular flexibility index (Phi) is 3.06. The monoisotopic (exact) mass is 334 g/mol. The number of ether oxygens (including phenoxy) is 2. The van der Waals surface area contributed by atoms with Crippen molar-refractivity contribution in [2.24, 2.45) is 0 Å². The van der Waals surface area contributed by atoms with Crippen molar-refractivity contribution in [3.8, 4) is 22.6 Å². The van der Waals surface area contributed by atoms with Crippen molar-refractivity contribution in [2.45, 2.75) is 6.42 Å². The first-order valence-electron chi connectivity index (χ1n) is 8.13. The molecule has 0 amide bonds. The van der Waals surface area contributed by atoms with Crippen LogP contribution in [0.15, 0.2) is 62.4 Å². The average molecular weight is 334 g/mol. The summed E-state index contributed by atoms with van der Waals surface area (Å²) in [6, 6.07) is 12.8. The van der Waals surface area contributed by atoms with Crippen LogP contribution in [-0.4, -0.2) is 13.2 Å². The van der Waals surface area contributed by atoms with Gasteiger partial charge in [0.1, 0.15) is 11.2 Å². The topological polar surface area (TPSA) is 61.8 Å². The summed E-state index contributed by atoms with van der Waals surface area (Å²) in [7, 11) is 0. The predicted molar refractivity (Wildman–Crippen MR) is 93.3 cm³/mol. The Morgan fingerprint density at radius 1 is 0.840 bits per heavy atom. The third-order valence-electron chi connectivity index (χ3n) is 4.37. The molecule has 2 aromatic heterocycles. The van der Waals surface area contributed by atoms with Crippen LogP contribution in [-0.2, 0) is 0 Å². The van der Waals surface area contributed by atoms with Crippen molar-refractivity contribution in [1.29, 1.82) is 0 Å². The van der Waals surface area contributed by atoms with Gasteiger partial charge in [0.15, 0.2) is 11.5 Å². The van der Waals surface area contributed by atoms with Gasteiger partial charge in [0.25, 0.3) is 0 Å². The molecule has 0 saturated heterocycles. The minimum Gasteiger partial charge on any atom is -0.490 e. The first-order chi connectivity index (χ1) is 12.3. The zero-order chi connectivity index (χ0) is 16.8. The molecule has 1 aliphatic heterocycles. The van der Waals surface area contributed by atoms with Gasteiger partial charge in [-0.3, -0.25) is 0 Å². The minimum atomic E-state index is -0.374. The maximum atomic E-state index is 11.4. The Morgan fingerprint density at radius 3 is 2.64 bits per heavy atom. The molecule has 0 saturated carbocycles. The molecule has 5 nitrogen and oxygen atoms in total. The van der Waals surface area contributed by atoms with E-state index in [4.69, 9.17) is 18.3 Å². The highest BCUT2D eigenvalue weighted by Gasteiger charge is 2.15. The van der Waals surface area contributed by atoms with Crippen LogP contribution in [0.4, 0.5) is 0 Å². The zero-order valence-corrected chi connectivity index (χ0v) is 13.3. The van der Waals surface area contributed by atoms with E-state index in [-0.39, 0.29) is 5.63 Å². The third-order valence-corrected chi connectivity index (χ3v) is 4.37. The van der Waals surface area contributed by atoms with Crippen molar-refractivity contribution in [3.05, 3.63) is 59.1 Å². The molecule has 1 aliphatic rings. The quantitative estimate of drug-likeness (QED) is 0.484. The highest BCUT2D eigenvalue weighted by molar-refractivity contribution is 6.01. The molecule has 0 unspecified atom stereocenters. The molecule has 3 heterocycles. The Hall–Kier alpha value is -3.21. The van der Waals surface area contributed by atoms with E-state index in [1.165, 1.54) is 6.07 Å². The van der Waals surface area contributed by atoms with Crippen LogP contribution in [0.25, 0.3) is 33.1 Å². The molecular weight excluding hydrogens is 320 g/mol. The van der Waals surface area contributed by atoms with Crippen molar-refractivity contribution in [2.75, 3.05) is 13.2 Å². The summed E-state index contributed by atoms with van der Waals surface area (Å²) in [6.07, 6.45) is 2.58. The van der Waals surface area contributed by atoms with Crippen LogP contribution in [0.1, 0.15) is 6.42 Å². The van der Waals surface area contributed by atoms with E-state index in [9.17, 15) is 4.79 Å². The number of benzene rings is 2. The van der Waals surface area contributed by atoms with E-state index < -0.39 is 0 Å². The molecule has 0 fully saturated rings. The van der Waals surface area contributed by atoms with Gasteiger partial charge in [0.2, 0.25) is 0 Å². The van der Waals surface area contributed by atoms with Gasteiger partial charge in [-0.1, -0.05) is 6.07 Å². The van der Waals surface area contributed by atoms with Crippen LogP contribution < -0.4 is 15.1 Å². The highest BCUT2D eigenvalue weighted by atomic mass is 16.5. The van der Waals surface area contributed by atoms with Crippen LogP contribution in [0.3, 0.4) is 0 Å². The first-order valence-corrected chi connectivity index (χ1v) is 8.13. The molecule has 25 heavy (non-hydrogen) atoms. The molecule has 2 aromatic carbocycles. The largest absolute Gasteiger partial charge is 0.490 e. The maximum Gasteiger partial charge on any atom is 0.336 e.